The number of methoxy groups -OCH3 is 1. The first kappa shape index (κ1) is 14.3. The third-order valence-corrected chi connectivity index (χ3v) is 3.59. The van der Waals surface area contributed by atoms with Crippen molar-refractivity contribution < 1.29 is 9.53 Å². The summed E-state index contributed by atoms with van der Waals surface area (Å²) in [6.45, 7) is 2.11. The molecule has 1 unspecified atom stereocenters. The quantitative estimate of drug-likeness (QED) is 0.723. The minimum Gasteiger partial charge on any atom is -0.497 e. The van der Waals surface area contributed by atoms with Crippen LogP contribution in [0, 0.1) is 0 Å². The van der Waals surface area contributed by atoms with E-state index in [-0.39, 0.29) is 11.7 Å². The standard InChI is InChI=1S/C18H20O2/c1-3-14(16-10-7-11-17(12-16)20-2)13-18(19)15-8-5-4-6-9-15/h4-12,14H,3,13H2,1-2H3. The van der Waals surface area contributed by atoms with Gasteiger partial charge >= 0.3 is 0 Å². The molecule has 104 valence electrons. The monoisotopic (exact) mass is 268 g/mol. The van der Waals surface area contributed by atoms with Crippen molar-refractivity contribution in [1.82, 2.24) is 0 Å². The van der Waals surface area contributed by atoms with Crippen LogP contribution >= 0.6 is 0 Å². The van der Waals surface area contributed by atoms with E-state index in [4.69, 9.17) is 4.74 Å². The Hall–Kier alpha value is -2.09. The molecule has 2 nitrogen and oxygen atoms in total. The second kappa shape index (κ2) is 6.90. The molecule has 0 fully saturated rings. The van der Waals surface area contributed by atoms with Crippen molar-refractivity contribution in [2.75, 3.05) is 7.11 Å². The fourth-order valence-electron chi connectivity index (χ4n) is 2.36. The summed E-state index contributed by atoms with van der Waals surface area (Å²) in [5, 5.41) is 0. The second-order valence-electron chi connectivity index (χ2n) is 4.88. The molecule has 20 heavy (non-hydrogen) atoms. The summed E-state index contributed by atoms with van der Waals surface area (Å²) in [5.74, 6) is 1.27. The molecule has 2 rings (SSSR count). The van der Waals surface area contributed by atoms with Gasteiger partial charge in [0.05, 0.1) is 7.11 Å². The third kappa shape index (κ3) is 3.47. The Morgan fingerprint density at radius 1 is 1.10 bits per heavy atom. The molecule has 0 saturated carbocycles. The van der Waals surface area contributed by atoms with E-state index in [0.717, 1.165) is 23.3 Å². The average Bonchev–Trinajstić information content (AvgIpc) is 2.53. The highest BCUT2D eigenvalue weighted by molar-refractivity contribution is 5.96. The molecule has 2 heteroatoms. The molecule has 1 atom stereocenters. The van der Waals surface area contributed by atoms with Crippen LogP contribution in [0.2, 0.25) is 0 Å². The highest BCUT2D eigenvalue weighted by atomic mass is 16.5. The van der Waals surface area contributed by atoms with Crippen molar-refractivity contribution in [3.63, 3.8) is 0 Å². The molecular formula is C18H20O2. The van der Waals surface area contributed by atoms with Gasteiger partial charge in [-0.1, -0.05) is 49.4 Å². The van der Waals surface area contributed by atoms with Gasteiger partial charge in [-0.2, -0.15) is 0 Å². The molecule has 0 amide bonds. The summed E-state index contributed by atoms with van der Waals surface area (Å²) in [7, 11) is 1.66. The minimum absolute atomic E-state index is 0.195. The number of benzene rings is 2. The van der Waals surface area contributed by atoms with Gasteiger partial charge in [0.25, 0.3) is 0 Å². The zero-order valence-corrected chi connectivity index (χ0v) is 12.0. The molecule has 2 aromatic carbocycles. The maximum absolute atomic E-state index is 12.3. The molecule has 0 radical (unpaired) electrons. The van der Waals surface area contributed by atoms with Gasteiger partial charge in [0.15, 0.2) is 5.78 Å². The molecule has 0 N–H and O–H groups in total. The summed E-state index contributed by atoms with van der Waals surface area (Å²) in [6, 6.07) is 17.5. The van der Waals surface area contributed by atoms with Crippen LogP contribution in [0.5, 0.6) is 5.75 Å². The highest BCUT2D eigenvalue weighted by Crippen LogP contribution is 2.27. The predicted molar refractivity (Wildman–Crippen MR) is 81.4 cm³/mol. The molecule has 0 aliphatic carbocycles. The average molecular weight is 268 g/mol. The molecule has 0 heterocycles. The Kier molecular flexibility index (Phi) is 4.94. The number of carbonyl (C=O) groups excluding carboxylic acids is 1. The zero-order valence-electron chi connectivity index (χ0n) is 12.0. The van der Waals surface area contributed by atoms with E-state index in [1.54, 1.807) is 7.11 Å². The van der Waals surface area contributed by atoms with Crippen LogP contribution in [0.15, 0.2) is 54.6 Å². The Labute approximate surface area is 120 Å². The van der Waals surface area contributed by atoms with Gasteiger partial charge in [-0.05, 0) is 30.0 Å². The summed E-state index contributed by atoms with van der Waals surface area (Å²) in [6.07, 6.45) is 1.47. The number of hydrogen-bond acceptors (Lipinski definition) is 2. The lowest BCUT2D eigenvalue weighted by atomic mass is 9.89. The molecule has 0 aromatic heterocycles. The lowest BCUT2D eigenvalue weighted by molar-refractivity contribution is 0.0973. The number of carbonyl (C=O) groups is 1. The van der Waals surface area contributed by atoms with Crippen LogP contribution in [-0.2, 0) is 0 Å². The third-order valence-electron chi connectivity index (χ3n) is 3.59. The molecule has 0 saturated heterocycles. The van der Waals surface area contributed by atoms with E-state index in [1.165, 1.54) is 0 Å². The summed E-state index contributed by atoms with van der Waals surface area (Å²) >= 11 is 0. The van der Waals surface area contributed by atoms with Gasteiger partial charge in [-0.3, -0.25) is 4.79 Å². The fourth-order valence-corrected chi connectivity index (χ4v) is 2.36. The topological polar surface area (TPSA) is 26.3 Å². The maximum Gasteiger partial charge on any atom is 0.163 e. The SMILES string of the molecule is CCC(CC(=O)c1ccccc1)c1cccc(OC)c1. The van der Waals surface area contributed by atoms with Crippen molar-refractivity contribution in [1.29, 1.82) is 0 Å². The van der Waals surface area contributed by atoms with Gasteiger partial charge in [0.2, 0.25) is 0 Å². The van der Waals surface area contributed by atoms with Gasteiger partial charge in [-0.15, -0.1) is 0 Å². The smallest absolute Gasteiger partial charge is 0.163 e. The molecule has 2 aromatic rings. The van der Waals surface area contributed by atoms with E-state index in [0.29, 0.717) is 6.42 Å². The highest BCUT2D eigenvalue weighted by Gasteiger charge is 2.16. The van der Waals surface area contributed by atoms with Gasteiger partial charge < -0.3 is 4.74 Å². The number of Topliss-reactive ketones (excluding diaryl/α,β-unsaturated/α-hetero) is 1. The first-order chi connectivity index (χ1) is 9.74. The zero-order chi connectivity index (χ0) is 14.4. The number of hydrogen-bond donors (Lipinski definition) is 0. The summed E-state index contributed by atoms with van der Waals surface area (Å²) in [4.78, 5) is 12.3. The Morgan fingerprint density at radius 3 is 2.50 bits per heavy atom. The lowest BCUT2D eigenvalue weighted by Gasteiger charge is -2.15. The molecule has 0 aliphatic heterocycles. The Balaban J connectivity index is 2.14. The van der Waals surface area contributed by atoms with Crippen molar-refractivity contribution in [3.8, 4) is 5.75 Å². The number of rotatable bonds is 6. The Morgan fingerprint density at radius 2 is 1.85 bits per heavy atom. The van der Waals surface area contributed by atoms with Crippen molar-refractivity contribution in [3.05, 3.63) is 65.7 Å². The van der Waals surface area contributed by atoms with Crippen molar-refractivity contribution in [2.24, 2.45) is 0 Å². The van der Waals surface area contributed by atoms with Gasteiger partial charge in [0.1, 0.15) is 5.75 Å². The fraction of sp³-hybridized carbons (Fsp3) is 0.278. The van der Waals surface area contributed by atoms with Crippen LogP contribution in [0.1, 0.15) is 41.6 Å². The van der Waals surface area contributed by atoms with E-state index in [9.17, 15) is 4.79 Å². The van der Waals surface area contributed by atoms with E-state index in [2.05, 4.69) is 13.0 Å². The van der Waals surface area contributed by atoms with Crippen molar-refractivity contribution >= 4 is 5.78 Å². The van der Waals surface area contributed by atoms with Crippen molar-refractivity contribution in [2.45, 2.75) is 25.7 Å². The van der Waals surface area contributed by atoms with Gasteiger partial charge in [0, 0.05) is 12.0 Å². The first-order valence-electron chi connectivity index (χ1n) is 6.96. The van der Waals surface area contributed by atoms with Crippen LogP contribution in [-0.4, -0.2) is 12.9 Å². The summed E-state index contributed by atoms with van der Waals surface area (Å²) in [5.41, 5.74) is 1.95. The van der Waals surface area contributed by atoms with E-state index < -0.39 is 0 Å². The number of ether oxygens (including phenoxy) is 1. The van der Waals surface area contributed by atoms with Gasteiger partial charge in [-0.25, -0.2) is 0 Å². The second-order valence-corrected chi connectivity index (χ2v) is 4.88. The molecule has 0 spiro atoms. The van der Waals surface area contributed by atoms with Crippen LogP contribution in [0.25, 0.3) is 0 Å². The first-order valence-corrected chi connectivity index (χ1v) is 6.96. The normalized spacial score (nSPS) is 11.9. The Bertz CT molecular complexity index is 561. The van der Waals surface area contributed by atoms with Crippen LogP contribution in [0.4, 0.5) is 0 Å². The molecule has 0 bridgehead atoms. The largest absolute Gasteiger partial charge is 0.497 e. The molecule has 0 aliphatic rings. The maximum atomic E-state index is 12.3. The van der Waals surface area contributed by atoms with Crippen LogP contribution in [0.3, 0.4) is 0 Å². The summed E-state index contributed by atoms with van der Waals surface area (Å²) < 4.78 is 5.25. The number of ketones is 1. The lowest BCUT2D eigenvalue weighted by Crippen LogP contribution is -2.07. The van der Waals surface area contributed by atoms with E-state index in [1.807, 2.05) is 48.5 Å². The van der Waals surface area contributed by atoms with Crippen LogP contribution < -0.4 is 4.74 Å². The molecular weight excluding hydrogens is 248 g/mol. The van der Waals surface area contributed by atoms with E-state index >= 15 is 0 Å². The minimum atomic E-state index is 0.195. The predicted octanol–water partition coefficient (Wildman–Crippen LogP) is 4.46.